The topological polar surface area (TPSA) is 26.0 Å². The van der Waals surface area contributed by atoms with Crippen molar-refractivity contribution < 1.29 is 4.42 Å². The summed E-state index contributed by atoms with van der Waals surface area (Å²) in [6.07, 6.45) is 0. The van der Waals surface area contributed by atoms with Gasteiger partial charge in [-0.2, -0.15) is 0 Å². The third kappa shape index (κ3) is 2.50. The third-order valence-electron chi connectivity index (χ3n) is 7.13. The summed E-state index contributed by atoms with van der Waals surface area (Å²) in [5.41, 5.74) is 13.0. The van der Waals surface area contributed by atoms with Crippen LogP contribution in [0.3, 0.4) is 0 Å². The highest BCUT2D eigenvalue weighted by atomic mass is 16.3. The molecule has 0 aliphatic heterocycles. The zero-order valence-electron chi connectivity index (χ0n) is 19.6. The van der Waals surface area contributed by atoms with Crippen molar-refractivity contribution in [3.05, 3.63) is 88.0 Å². The normalized spacial score (nSPS) is 14.2. The van der Waals surface area contributed by atoms with E-state index < -0.39 is 0 Å². The molecule has 2 heterocycles. The maximum Gasteiger partial charge on any atom is 0.139 e. The minimum atomic E-state index is -0.173. The molecule has 2 aromatic heterocycles. The quantitative estimate of drug-likeness (QED) is 0.275. The van der Waals surface area contributed by atoms with Gasteiger partial charge >= 0.3 is 0 Å². The molecule has 0 atom stereocenters. The van der Waals surface area contributed by atoms with Gasteiger partial charge in [0.1, 0.15) is 11.3 Å². The molecule has 0 unspecified atom stereocenters. The van der Waals surface area contributed by atoms with Crippen molar-refractivity contribution in [1.29, 1.82) is 0 Å². The Balaban J connectivity index is 1.65. The van der Waals surface area contributed by atoms with Gasteiger partial charge in [0.15, 0.2) is 0 Å². The molecule has 3 aromatic carbocycles. The van der Waals surface area contributed by atoms with Crippen LogP contribution in [0.1, 0.15) is 47.2 Å². The van der Waals surface area contributed by atoms with Gasteiger partial charge in [0.25, 0.3) is 0 Å². The summed E-state index contributed by atoms with van der Waals surface area (Å²) >= 11 is 0. The maximum absolute atomic E-state index is 6.42. The van der Waals surface area contributed by atoms with Crippen molar-refractivity contribution in [2.75, 3.05) is 0 Å². The lowest BCUT2D eigenvalue weighted by Crippen LogP contribution is -2.16. The zero-order chi connectivity index (χ0) is 22.4. The molecule has 0 radical (unpaired) electrons. The van der Waals surface area contributed by atoms with Crippen LogP contribution in [0, 0.1) is 27.7 Å². The van der Waals surface area contributed by atoms with E-state index in [2.05, 4.69) is 96.1 Å². The van der Waals surface area contributed by atoms with Crippen molar-refractivity contribution in [3.63, 3.8) is 0 Å². The average molecular weight is 418 g/mol. The molecular weight excluding hydrogens is 390 g/mol. The van der Waals surface area contributed by atoms with Crippen LogP contribution in [0.4, 0.5) is 0 Å². The molecular formula is C30H27NO. The molecule has 0 amide bonds. The number of benzene rings is 3. The molecule has 2 nitrogen and oxygen atoms in total. The van der Waals surface area contributed by atoms with E-state index in [1.807, 2.05) is 0 Å². The lowest BCUT2D eigenvalue weighted by Gasteiger charge is -2.24. The second kappa shape index (κ2) is 6.32. The summed E-state index contributed by atoms with van der Waals surface area (Å²) in [6.45, 7) is 13.3. The zero-order valence-corrected chi connectivity index (χ0v) is 19.6. The smallest absolute Gasteiger partial charge is 0.139 e. The Morgan fingerprint density at radius 1 is 0.750 bits per heavy atom. The van der Waals surface area contributed by atoms with Crippen molar-refractivity contribution >= 4 is 21.9 Å². The van der Waals surface area contributed by atoms with Gasteiger partial charge < -0.3 is 4.42 Å². The van der Waals surface area contributed by atoms with Crippen LogP contribution in [0.2, 0.25) is 0 Å². The number of aryl methyl sites for hydroxylation is 4. The first-order valence-electron chi connectivity index (χ1n) is 11.3. The van der Waals surface area contributed by atoms with Crippen LogP contribution in [0.25, 0.3) is 44.5 Å². The molecule has 32 heavy (non-hydrogen) atoms. The fourth-order valence-corrected chi connectivity index (χ4v) is 5.90. The lowest BCUT2D eigenvalue weighted by atomic mass is 9.78. The van der Waals surface area contributed by atoms with E-state index in [1.165, 1.54) is 55.3 Å². The van der Waals surface area contributed by atoms with Crippen LogP contribution in [-0.4, -0.2) is 4.98 Å². The van der Waals surface area contributed by atoms with Crippen LogP contribution in [-0.2, 0) is 5.41 Å². The fraction of sp³-hybridized carbons (Fsp3) is 0.233. The molecule has 1 aliphatic carbocycles. The number of hydrogen-bond acceptors (Lipinski definition) is 2. The molecule has 0 N–H and O–H groups in total. The predicted molar refractivity (Wildman–Crippen MR) is 133 cm³/mol. The summed E-state index contributed by atoms with van der Waals surface area (Å²) in [5, 5.41) is 2.49. The van der Waals surface area contributed by atoms with E-state index >= 15 is 0 Å². The van der Waals surface area contributed by atoms with Gasteiger partial charge in [0.2, 0.25) is 0 Å². The molecule has 0 saturated heterocycles. The highest BCUT2D eigenvalue weighted by Gasteiger charge is 2.42. The molecule has 0 fully saturated rings. The van der Waals surface area contributed by atoms with E-state index in [0.29, 0.717) is 0 Å². The Morgan fingerprint density at radius 3 is 2.31 bits per heavy atom. The van der Waals surface area contributed by atoms with Crippen LogP contribution in [0.5, 0.6) is 0 Å². The third-order valence-corrected chi connectivity index (χ3v) is 7.13. The summed E-state index contributed by atoms with van der Waals surface area (Å²) in [5.74, 6) is 1.01. The average Bonchev–Trinajstić information content (AvgIpc) is 3.21. The van der Waals surface area contributed by atoms with Gasteiger partial charge in [-0.15, -0.1) is 0 Å². The van der Waals surface area contributed by atoms with Gasteiger partial charge in [-0.05, 0) is 74.2 Å². The SMILES string of the molecule is Cc1cc(C)c2c(C)cc(-c3cccc4c3C(C)(C)c3c-4oc4ccc(C)cc34)nc2c1. The van der Waals surface area contributed by atoms with Gasteiger partial charge in [-0.3, -0.25) is 0 Å². The molecule has 5 aromatic rings. The van der Waals surface area contributed by atoms with Crippen molar-refractivity contribution in [2.45, 2.75) is 47.0 Å². The summed E-state index contributed by atoms with van der Waals surface area (Å²) < 4.78 is 6.42. The van der Waals surface area contributed by atoms with Gasteiger partial charge in [0.05, 0.1) is 11.2 Å². The highest BCUT2D eigenvalue weighted by molar-refractivity contribution is 5.97. The van der Waals surface area contributed by atoms with E-state index in [9.17, 15) is 0 Å². The van der Waals surface area contributed by atoms with E-state index in [4.69, 9.17) is 9.40 Å². The minimum absolute atomic E-state index is 0.173. The number of nitrogens with zero attached hydrogens (tertiary/aromatic N) is 1. The van der Waals surface area contributed by atoms with Gasteiger partial charge in [-0.1, -0.05) is 49.7 Å². The number of aromatic nitrogens is 1. The number of fused-ring (bicyclic) bond motifs is 6. The van der Waals surface area contributed by atoms with Crippen LogP contribution < -0.4 is 0 Å². The molecule has 0 bridgehead atoms. The molecule has 6 rings (SSSR count). The first-order valence-corrected chi connectivity index (χ1v) is 11.3. The van der Waals surface area contributed by atoms with Gasteiger partial charge in [-0.25, -0.2) is 4.98 Å². The monoisotopic (exact) mass is 417 g/mol. The maximum atomic E-state index is 6.42. The lowest BCUT2D eigenvalue weighted by molar-refractivity contribution is 0.619. The van der Waals surface area contributed by atoms with E-state index in [1.54, 1.807) is 0 Å². The van der Waals surface area contributed by atoms with E-state index in [-0.39, 0.29) is 5.41 Å². The number of hydrogen-bond donors (Lipinski definition) is 0. The molecule has 1 aliphatic rings. The Kier molecular flexibility index (Phi) is 3.81. The standard InChI is InChI=1S/C30H27NO/c1-16-10-11-25-22(13-16)28-29(32-25)21-9-7-8-20(27(21)30(28,5)6)23-15-19(4)26-18(3)12-17(2)14-24(26)31-23/h7-15H,1-6H3. The first kappa shape index (κ1) is 19.3. The Hall–Kier alpha value is -3.39. The van der Waals surface area contributed by atoms with Crippen molar-refractivity contribution in [1.82, 2.24) is 4.98 Å². The summed E-state index contributed by atoms with van der Waals surface area (Å²) in [7, 11) is 0. The van der Waals surface area contributed by atoms with Gasteiger partial charge in [0, 0.05) is 32.9 Å². The Bertz CT molecular complexity index is 1580. The Labute approximate surface area is 188 Å². The number of rotatable bonds is 1. The first-order chi connectivity index (χ1) is 15.3. The van der Waals surface area contributed by atoms with Crippen LogP contribution >= 0.6 is 0 Å². The molecule has 158 valence electrons. The molecule has 2 heteroatoms. The van der Waals surface area contributed by atoms with Crippen molar-refractivity contribution in [2.24, 2.45) is 0 Å². The summed E-state index contributed by atoms with van der Waals surface area (Å²) in [4.78, 5) is 5.16. The summed E-state index contributed by atoms with van der Waals surface area (Å²) in [6, 6.07) is 19.7. The molecule has 0 saturated carbocycles. The Morgan fingerprint density at radius 2 is 1.50 bits per heavy atom. The largest absolute Gasteiger partial charge is 0.456 e. The van der Waals surface area contributed by atoms with Crippen molar-refractivity contribution in [3.8, 4) is 22.6 Å². The van der Waals surface area contributed by atoms with E-state index in [0.717, 1.165) is 22.6 Å². The predicted octanol–water partition coefficient (Wildman–Crippen LogP) is 8.19. The number of furan rings is 1. The highest BCUT2D eigenvalue weighted by Crippen LogP contribution is 2.55. The van der Waals surface area contributed by atoms with Crippen LogP contribution in [0.15, 0.2) is 59.0 Å². The minimum Gasteiger partial charge on any atom is -0.456 e. The second-order valence-corrected chi connectivity index (χ2v) is 9.96. The molecule has 0 spiro atoms. The fourth-order valence-electron chi connectivity index (χ4n) is 5.90. The number of pyridine rings is 1. The second-order valence-electron chi connectivity index (χ2n) is 9.96.